The monoisotopic (exact) mass is 424 g/mol. The molecule has 156 valence electrons. The Kier molecular flexibility index (Phi) is 6.16. The van der Waals surface area contributed by atoms with Crippen molar-refractivity contribution in [2.75, 3.05) is 36.4 Å². The first-order chi connectivity index (χ1) is 14.5. The Morgan fingerprint density at radius 3 is 2.40 bits per heavy atom. The third kappa shape index (κ3) is 4.55. The van der Waals surface area contributed by atoms with Crippen molar-refractivity contribution in [3.8, 4) is 0 Å². The van der Waals surface area contributed by atoms with Crippen LogP contribution in [-0.2, 0) is 6.54 Å². The molecule has 1 amide bonds. The number of hydrogen-bond acceptors (Lipinski definition) is 3. The van der Waals surface area contributed by atoms with Crippen LogP contribution < -0.4 is 15.1 Å². The van der Waals surface area contributed by atoms with Crippen LogP contribution in [0.5, 0.6) is 0 Å². The number of rotatable bonds is 5. The van der Waals surface area contributed by atoms with Gasteiger partial charge in [0, 0.05) is 21.7 Å². The SMILES string of the molecule is Cc1sc(NC(=O)c2ccccc2)c(C[NH+]2CCN(c3ccc(F)cc3)CC2)c1C. The fraction of sp³-hybridized carbons (Fsp3) is 0.292. The van der Waals surface area contributed by atoms with Crippen LogP contribution in [0.25, 0.3) is 0 Å². The summed E-state index contributed by atoms with van der Waals surface area (Å²) in [7, 11) is 0. The van der Waals surface area contributed by atoms with E-state index in [-0.39, 0.29) is 11.7 Å². The summed E-state index contributed by atoms with van der Waals surface area (Å²) in [5.41, 5.74) is 4.27. The second-order valence-electron chi connectivity index (χ2n) is 7.80. The van der Waals surface area contributed by atoms with Crippen LogP contribution in [0.15, 0.2) is 54.6 Å². The number of nitrogens with one attached hydrogen (secondary N) is 2. The molecule has 2 heterocycles. The van der Waals surface area contributed by atoms with E-state index in [1.165, 1.54) is 33.0 Å². The summed E-state index contributed by atoms with van der Waals surface area (Å²) in [5, 5.41) is 4.10. The minimum absolute atomic E-state index is 0.0609. The molecule has 1 aliphatic rings. The lowest BCUT2D eigenvalue weighted by Crippen LogP contribution is -3.13. The summed E-state index contributed by atoms with van der Waals surface area (Å²) >= 11 is 1.66. The maximum Gasteiger partial charge on any atom is 0.256 e. The highest BCUT2D eigenvalue weighted by molar-refractivity contribution is 7.16. The van der Waals surface area contributed by atoms with Crippen molar-refractivity contribution in [3.05, 3.63) is 82.0 Å². The highest BCUT2D eigenvalue weighted by Crippen LogP contribution is 2.32. The van der Waals surface area contributed by atoms with Gasteiger partial charge in [0.15, 0.2) is 0 Å². The van der Waals surface area contributed by atoms with Gasteiger partial charge in [0.2, 0.25) is 0 Å². The zero-order valence-corrected chi connectivity index (χ0v) is 18.2. The van der Waals surface area contributed by atoms with E-state index in [0.29, 0.717) is 5.56 Å². The van der Waals surface area contributed by atoms with Crippen molar-refractivity contribution in [1.82, 2.24) is 0 Å². The quantitative estimate of drug-likeness (QED) is 0.656. The molecule has 3 aromatic rings. The van der Waals surface area contributed by atoms with Gasteiger partial charge in [-0.15, -0.1) is 11.3 Å². The van der Waals surface area contributed by atoms with E-state index in [9.17, 15) is 9.18 Å². The highest BCUT2D eigenvalue weighted by atomic mass is 32.1. The van der Waals surface area contributed by atoms with Crippen LogP contribution in [-0.4, -0.2) is 32.1 Å². The lowest BCUT2D eigenvalue weighted by Gasteiger charge is -2.33. The van der Waals surface area contributed by atoms with Gasteiger partial charge in [-0.1, -0.05) is 18.2 Å². The molecule has 1 fully saturated rings. The van der Waals surface area contributed by atoms with Gasteiger partial charge in [0.25, 0.3) is 5.91 Å². The maximum atomic E-state index is 13.2. The topological polar surface area (TPSA) is 36.8 Å². The summed E-state index contributed by atoms with van der Waals surface area (Å²) in [6.07, 6.45) is 0. The standard InChI is InChI=1S/C24H26FN3OS/c1-17-18(2)30-24(26-23(29)19-6-4-3-5-7-19)22(17)16-27-12-14-28(15-13-27)21-10-8-20(25)9-11-21/h3-11H,12-16H2,1-2H3,(H,26,29)/p+1. The van der Waals surface area contributed by atoms with E-state index >= 15 is 0 Å². The number of halogens is 1. The van der Waals surface area contributed by atoms with E-state index in [1.54, 1.807) is 11.3 Å². The van der Waals surface area contributed by atoms with Gasteiger partial charge in [0.1, 0.15) is 17.4 Å². The lowest BCUT2D eigenvalue weighted by atomic mass is 10.1. The van der Waals surface area contributed by atoms with E-state index in [0.717, 1.165) is 43.4 Å². The van der Waals surface area contributed by atoms with Crippen LogP contribution in [0.1, 0.15) is 26.4 Å². The number of benzene rings is 2. The number of amides is 1. The van der Waals surface area contributed by atoms with Crippen molar-refractivity contribution < 1.29 is 14.1 Å². The van der Waals surface area contributed by atoms with Gasteiger partial charge in [-0.05, 0) is 55.8 Å². The van der Waals surface area contributed by atoms with Crippen LogP contribution in [0, 0.1) is 19.7 Å². The zero-order valence-electron chi connectivity index (χ0n) is 17.4. The smallest absolute Gasteiger partial charge is 0.256 e. The van der Waals surface area contributed by atoms with Crippen molar-refractivity contribution >= 4 is 27.9 Å². The number of quaternary nitrogens is 1. The minimum atomic E-state index is -0.198. The number of thiophene rings is 1. The third-order valence-electron chi connectivity index (χ3n) is 5.86. The summed E-state index contributed by atoms with van der Waals surface area (Å²) in [4.78, 5) is 17.7. The molecule has 1 aromatic heterocycles. The summed E-state index contributed by atoms with van der Waals surface area (Å²) in [5.74, 6) is -0.259. The van der Waals surface area contributed by atoms with Crippen molar-refractivity contribution in [1.29, 1.82) is 0 Å². The fourth-order valence-corrected chi connectivity index (χ4v) is 4.99. The summed E-state index contributed by atoms with van der Waals surface area (Å²) < 4.78 is 13.2. The Morgan fingerprint density at radius 1 is 1.07 bits per heavy atom. The average Bonchev–Trinajstić information content (AvgIpc) is 3.03. The van der Waals surface area contributed by atoms with E-state index in [4.69, 9.17) is 0 Å². The molecular formula is C24H27FN3OS+. The molecule has 0 unspecified atom stereocenters. The van der Waals surface area contributed by atoms with E-state index < -0.39 is 0 Å². The minimum Gasteiger partial charge on any atom is -0.360 e. The molecule has 0 bridgehead atoms. The summed E-state index contributed by atoms with van der Waals surface area (Å²) in [6.45, 7) is 9.06. The first-order valence-corrected chi connectivity index (χ1v) is 11.1. The van der Waals surface area contributed by atoms with Gasteiger partial charge >= 0.3 is 0 Å². The van der Waals surface area contributed by atoms with Crippen LogP contribution in [0.4, 0.5) is 15.1 Å². The molecule has 0 saturated carbocycles. The van der Waals surface area contributed by atoms with Crippen LogP contribution in [0.3, 0.4) is 0 Å². The first kappa shape index (κ1) is 20.6. The fourth-order valence-electron chi connectivity index (χ4n) is 3.91. The number of aryl methyl sites for hydroxylation is 1. The normalized spacial score (nSPS) is 14.7. The second kappa shape index (κ2) is 8.98. The molecular weight excluding hydrogens is 397 g/mol. The largest absolute Gasteiger partial charge is 0.360 e. The Hall–Kier alpha value is -2.70. The first-order valence-electron chi connectivity index (χ1n) is 10.3. The third-order valence-corrected chi connectivity index (χ3v) is 7.03. The molecule has 0 spiro atoms. The number of piperazine rings is 1. The molecule has 30 heavy (non-hydrogen) atoms. The summed E-state index contributed by atoms with van der Waals surface area (Å²) in [6, 6.07) is 16.1. The Labute approximate surface area is 180 Å². The molecule has 0 aliphatic carbocycles. The Bertz CT molecular complexity index is 1010. The molecule has 2 N–H and O–H groups in total. The maximum absolute atomic E-state index is 13.2. The van der Waals surface area contributed by atoms with Gasteiger partial charge in [-0.3, -0.25) is 4.79 Å². The van der Waals surface area contributed by atoms with Crippen molar-refractivity contribution in [3.63, 3.8) is 0 Å². The van der Waals surface area contributed by atoms with Crippen LogP contribution in [0.2, 0.25) is 0 Å². The number of carbonyl (C=O) groups is 1. The van der Waals surface area contributed by atoms with Gasteiger partial charge < -0.3 is 15.1 Å². The van der Waals surface area contributed by atoms with Crippen molar-refractivity contribution in [2.45, 2.75) is 20.4 Å². The zero-order chi connectivity index (χ0) is 21.1. The molecule has 4 nitrogen and oxygen atoms in total. The highest BCUT2D eigenvalue weighted by Gasteiger charge is 2.24. The Morgan fingerprint density at radius 2 is 1.73 bits per heavy atom. The number of nitrogens with zero attached hydrogens (tertiary/aromatic N) is 1. The molecule has 1 aliphatic heterocycles. The molecule has 0 radical (unpaired) electrons. The number of hydrogen-bond donors (Lipinski definition) is 2. The predicted molar refractivity (Wildman–Crippen MR) is 121 cm³/mol. The molecule has 4 rings (SSSR count). The predicted octanol–water partition coefficient (Wildman–Crippen LogP) is 3.66. The van der Waals surface area contributed by atoms with Crippen molar-refractivity contribution in [2.24, 2.45) is 0 Å². The van der Waals surface area contributed by atoms with Gasteiger partial charge in [0.05, 0.1) is 26.2 Å². The van der Waals surface area contributed by atoms with E-state index in [1.807, 2.05) is 42.5 Å². The lowest BCUT2D eigenvalue weighted by molar-refractivity contribution is -0.914. The molecule has 6 heteroatoms. The van der Waals surface area contributed by atoms with Gasteiger partial charge in [-0.2, -0.15) is 0 Å². The van der Waals surface area contributed by atoms with E-state index in [2.05, 4.69) is 24.1 Å². The molecule has 0 atom stereocenters. The second-order valence-corrected chi connectivity index (χ2v) is 9.03. The number of anilines is 2. The number of carbonyl (C=O) groups excluding carboxylic acids is 1. The molecule has 1 saturated heterocycles. The average molecular weight is 425 g/mol. The van der Waals surface area contributed by atoms with Gasteiger partial charge in [-0.25, -0.2) is 4.39 Å². The molecule has 2 aromatic carbocycles. The Balaban J connectivity index is 1.42. The van der Waals surface area contributed by atoms with Crippen LogP contribution >= 0.6 is 11.3 Å².